The summed E-state index contributed by atoms with van der Waals surface area (Å²) in [6.07, 6.45) is 0. The number of benzene rings is 2. The van der Waals surface area contributed by atoms with Gasteiger partial charge in [0.1, 0.15) is 24.8 Å². The van der Waals surface area contributed by atoms with Gasteiger partial charge in [-0.15, -0.1) is 0 Å². The quantitative estimate of drug-likeness (QED) is 0.506. The second kappa shape index (κ2) is 10.2. The summed E-state index contributed by atoms with van der Waals surface area (Å²) in [5.74, 6) is 3.76. The molecule has 0 bridgehead atoms. The topological polar surface area (TPSA) is 84.0 Å². The first-order chi connectivity index (χ1) is 17.7. The molecule has 0 saturated carbocycles. The number of anilines is 3. The summed E-state index contributed by atoms with van der Waals surface area (Å²) in [5, 5.41) is 6.91. The first-order valence-electron chi connectivity index (χ1n) is 12.2. The first kappa shape index (κ1) is 22.8. The molecule has 0 spiro atoms. The van der Waals surface area contributed by atoms with Gasteiger partial charge in [-0.3, -0.25) is 0 Å². The number of morpholine rings is 1. The van der Waals surface area contributed by atoms with Crippen molar-refractivity contribution in [1.82, 2.24) is 15.3 Å². The Hall–Kier alpha value is -3.63. The monoisotopic (exact) mass is 504 g/mol. The van der Waals surface area contributed by atoms with E-state index in [1.807, 2.05) is 18.2 Å². The Morgan fingerprint density at radius 1 is 0.833 bits per heavy atom. The lowest BCUT2D eigenvalue weighted by Gasteiger charge is -2.29. The van der Waals surface area contributed by atoms with E-state index in [1.54, 1.807) is 0 Å². The fraction of sp³-hybridized carbons (Fsp3) is 0.346. The predicted molar refractivity (Wildman–Crippen MR) is 142 cm³/mol. The number of rotatable bonds is 5. The first-order valence-corrected chi connectivity index (χ1v) is 12.6. The number of ether oxygens (including phenoxy) is 3. The molecule has 0 radical (unpaired) electrons. The average molecular weight is 505 g/mol. The van der Waals surface area contributed by atoms with Crippen LogP contribution in [0, 0.1) is 0 Å². The molecule has 2 aromatic carbocycles. The van der Waals surface area contributed by atoms with Crippen LogP contribution in [0.1, 0.15) is 16.7 Å². The van der Waals surface area contributed by atoms with Crippen molar-refractivity contribution < 1.29 is 14.2 Å². The van der Waals surface area contributed by atoms with Crippen LogP contribution in [0.25, 0.3) is 0 Å². The fourth-order valence-corrected chi connectivity index (χ4v) is 4.78. The molecule has 4 heterocycles. The van der Waals surface area contributed by atoms with Crippen molar-refractivity contribution in [2.24, 2.45) is 0 Å². The van der Waals surface area contributed by atoms with Gasteiger partial charge in [-0.25, -0.2) is 0 Å². The van der Waals surface area contributed by atoms with Gasteiger partial charge in [0.25, 0.3) is 0 Å². The third-order valence-corrected chi connectivity index (χ3v) is 6.73. The molecule has 0 unspecified atom stereocenters. The minimum Gasteiger partial charge on any atom is -0.486 e. The van der Waals surface area contributed by atoms with E-state index in [0.717, 1.165) is 54.9 Å². The van der Waals surface area contributed by atoms with Gasteiger partial charge >= 0.3 is 0 Å². The Morgan fingerprint density at radius 3 is 2.28 bits per heavy atom. The number of hydrogen-bond acceptors (Lipinski definition) is 8. The summed E-state index contributed by atoms with van der Waals surface area (Å²) in [4.78, 5) is 14.1. The molecule has 3 aliphatic heterocycles. The zero-order chi connectivity index (χ0) is 24.3. The molecule has 3 aromatic rings. The number of thiocarbonyl (C=S) groups is 1. The maximum Gasteiger partial charge on any atom is 0.232 e. The van der Waals surface area contributed by atoms with Crippen LogP contribution < -0.4 is 29.9 Å². The lowest BCUT2D eigenvalue weighted by Crippen LogP contribution is -2.37. The summed E-state index contributed by atoms with van der Waals surface area (Å²) < 4.78 is 16.8. The SMILES string of the molecule is S=C(NCc1ccc2c(c1)OCCO2)Nc1nc(N2CCOCC2)cc(N2Cc3ccccc3C2)n1. The van der Waals surface area contributed by atoms with Crippen LogP contribution in [0.3, 0.4) is 0 Å². The van der Waals surface area contributed by atoms with E-state index in [2.05, 4.69) is 50.8 Å². The third kappa shape index (κ3) is 5.00. The van der Waals surface area contributed by atoms with E-state index in [0.29, 0.717) is 44.0 Å². The molecule has 9 nitrogen and oxygen atoms in total. The van der Waals surface area contributed by atoms with Gasteiger partial charge in [0, 0.05) is 38.8 Å². The van der Waals surface area contributed by atoms with Gasteiger partial charge in [-0.05, 0) is 41.0 Å². The standard InChI is InChI=1S/C26H28N6O3S/c36-26(27-15-18-5-6-21-22(13-18)35-12-11-34-21)30-25-28-23(31-7-9-33-10-8-31)14-24(29-25)32-16-19-3-1-2-4-20(19)17-32/h1-6,13-14H,7-12,15-17H2,(H2,27,28,29,30,36). The number of aromatic nitrogens is 2. The Morgan fingerprint density at radius 2 is 1.53 bits per heavy atom. The molecule has 0 aliphatic carbocycles. The lowest BCUT2D eigenvalue weighted by atomic mass is 10.1. The number of fused-ring (bicyclic) bond motifs is 2. The minimum atomic E-state index is 0.458. The Labute approximate surface area is 215 Å². The van der Waals surface area contributed by atoms with Gasteiger partial charge in [0.2, 0.25) is 5.95 Å². The summed E-state index contributed by atoms with van der Waals surface area (Å²) in [5.41, 5.74) is 3.70. The van der Waals surface area contributed by atoms with E-state index in [1.165, 1.54) is 11.1 Å². The molecule has 2 N–H and O–H groups in total. The van der Waals surface area contributed by atoms with E-state index in [9.17, 15) is 0 Å². The van der Waals surface area contributed by atoms with Gasteiger partial charge < -0.3 is 34.6 Å². The van der Waals surface area contributed by atoms with Crippen molar-refractivity contribution in [2.75, 3.05) is 54.6 Å². The van der Waals surface area contributed by atoms with E-state index in [4.69, 9.17) is 36.4 Å². The lowest BCUT2D eigenvalue weighted by molar-refractivity contribution is 0.122. The Balaban J connectivity index is 1.18. The maximum absolute atomic E-state index is 5.68. The molecule has 0 atom stereocenters. The van der Waals surface area contributed by atoms with Crippen LogP contribution in [-0.2, 0) is 24.4 Å². The van der Waals surface area contributed by atoms with E-state index < -0.39 is 0 Å². The number of nitrogens with one attached hydrogen (secondary N) is 2. The molecule has 1 aromatic heterocycles. The largest absolute Gasteiger partial charge is 0.486 e. The normalized spacial score (nSPS) is 16.4. The maximum atomic E-state index is 5.68. The van der Waals surface area contributed by atoms with Crippen molar-refractivity contribution in [3.8, 4) is 11.5 Å². The van der Waals surface area contributed by atoms with Crippen LogP contribution in [0.4, 0.5) is 17.6 Å². The van der Waals surface area contributed by atoms with Gasteiger partial charge in [-0.2, -0.15) is 9.97 Å². The molecule has 10 heteroatoms. The molecule has 3 aliphatic rings. The Kier molecular flexibility index (Phi) is 6.44. The van der Waals surface area contributed by atoms with Crippen molar-refractivity contribution in [2.45, 2.75) is 19.6 Å². The second-order valence-electron chi connectivity index (χ2n) is 8.92. The highest BCUT2D eigenvalue weighted by molar-refractivity contribution is 7.80. The Bertz CT molecular complexity index is 1240. The van der Waals surface area contributed by atoms with Gasteiger partial charge in [0.15, 0.2) is 16.6 Å². The van der Waals surface area contributed by atoms with Crippen molar-refractivity contribution in [1.29, 1.82) is 0 Å². The minimum absolute atomic E-state index is 0.458. The summed E-state index contributed by atoms with van der Waals surface area (Å²) in [6.45, 7) is 6.29. The molecule has 1 fully saturated rings. The third-order valence-electron chi connectivity index (χ3n) is 6.48. The molecule has 1 saturated heterocycles. The highest BCUT2D eigenvalue weighted by Crippen LogP contribution is 2.31. The van der Waals surface area contributed by atoms with Gasteiger partial charge in [0.05, 0.1) is 13.2 Å². The number of hydrogen-bond donors (Lipinski definition) is 2. The van der Waals surface area contributed by atoms with Crippen molar-refractivity contribution in [3.05, 3.63) is 65.2 Å². The van der Waals surface area contributed by atoms with E-state index in [-0.39, 0.29) is 0 Å². The number of nitrogens with zero attached hydrogens (tertiary/aromatic N) is 4. The van der Waals surface area contributed by atoms with Crippen LogP contribution in [0.2, 0.25) is 0 Å². The highest BCUT2D eigenvalue weighted by Gasteiger charge is 2.23. The van der Waals surface area contributed by atoms with Crippen molar-refractivity contribution >= 4 is 34.9 Å². The van der Waals surface area contributed by atoms with Crippen molar-refractivity contribution in [3.63, 3.8) is 0 Å². The molecule has 36 heavy (non-hydrogen) atoms. The fourth-order valence-electron chi connectivity index (χ4n) is 4.62. The molecule has 186 valence electrons. The van der Waals surface area contributed by atoms with Gasteiger partial charge in [-0.1, -0.05) is 30.3 Å². The van der Waals surface area contributed by atoms with Crippen LogP contribution in [-0.4, -0.2) is 54.6 Å². The zero-order valence-corrected chi connectivity index (χ0v) is 20.7. The molecular formula is C26H28N6O3S. The summed E-state index contributed by atoms with van der Waals surface area (Å²) in [7, 11) is 0. The molecule has 0 amide bonds. The van der Waals surface area contributed by atoms with Crippen LogP contribution >= 0.6 is 12.2 Å². The average Bonchev–Trinajstić information content (AvgIpc) is 3.37. The molecular weight excluding hydrogens is 476 g/mol. The van der Waals surface area contributed by atoms with Crippen LogP contribution in [0.5, 0.6) is 11.5 Å². The summed E-state index contributed by atoms with van der Waals surface area (Å²) in [6, 6.07) is 16.5. The predicted octanol–water partition coefficient (Wildman–Crippen LogP) is 3.09. The smallest absolute Gasteiger partial charge is 0.232 e. The molecule has 6 rings (SSSR count). The zero-order valence-electron chi connectivity index (χ0n) is 19.9. The highest BCUT2D eigenvalue weighted by atomic mass is 32.1. The van der Waals surface area contributed by atoms with E-state index >= 15 is 0 Å². The second-order valence-corrected chi connectivity index (χ2v) is 9.33. The van der Waals surface area contributed by atoms with Crippen LogP contribution in [0.15, 0.2) is 48.5 Å². The summed E-state index contributed by atoms with van der Waals surface area (Å²) >= 11 is 5.59.